The number of allylic oxidation sites excluding steroid dienone is 1. The Balaban J connectivity index is 1.22. The van der Waals surface area contributed by atoms with E-state index in [1.54, 1.807) is 5.57 Å². The van der Waals surface area contributed by atoms with Gasteiger partial charge in [0.1, 0.15) is 0 Å². The van der Waals surface area contributed by atoms with Gasteiger partial charge in [0.25, 0.3) is 0 Å². The van der Waals surface area contributed by atoms with Gasteiger partial charge in [0, 0.05) is 38.8 Å². The molecule has 8 aromatic carbocycles. The van der Waals surface area contributed by atoms with Crippen molar-refractivity contribution >= 4 is 44.4 Å². The van der Waals surface area contributed by atoms with Gasteiger partial charge in [-0.2, -0.15) is 0 Å². The zero-order valence-corrected chi connectivity index (χ0v) is 45.2. The lowest BCUT2D eigenvalue weighted by atomic mass is 9.66. The SMILES string of the molecule is CCC1c2cc(C(C)(C)C)ccc2N2c3ccc(C(C)(C)C)cc3C(=C3CCC3)c3cc4c(c1c32)C(C)(C)c1ccc(cc1)-c1cc(-c2ccc(C(C)(C)C)cc2)cc(c1)-c1cccc2c3ccccc3n-4c12. The molecule has 2 nitrogen and oxygen atoms in total. The van der Waals surface area contributed by atoms with Crippen LogP contribution in [-0.4, -0.2) is 4.57 Å². The minimum Gasteiger partial charge on any atom is -0.309 e. The van der Waals surface area contributed by atoms with Gasteiger partial charge >= 0.3 is 0 Å². The van der Waals surface area contributed by atoms with Gasteiger partial charge in [-0.1, -0.05) is 192 Å². The van der Waals surface area contributed by atoms with Crippen LogP contribution in [0.4, 0.5) is 17.1 Å². The third-order valence-corrected chi connectivity index (χ3v) is 17.6. The molecule has 14 rings (SSSR count). The fraction of sp³-hybridized carbons (Fsp3) is 0.296. The molecule has 364 valence electrons. The van der Waals surface area contributed by atoms with Gasteiger partial charge in [-0.3, -0.25) is 0 Å². The van der Waals surface area contributed by atoms with Gasteiger partial charge in [-0.05, 0) is 163 Å². The third kappa shape index (κ3) is 6.88. The summed E-state index contributed by atoms with van der Waals surface area (Å²) in [6.07, 6.45) is 4.50. The van der Waals surface area contributed by atoms with Crippen molar-refractivity contribution in [2.75, 3.05) is 4.90 Å². The minimum absolute atomic E-state index is 0.00468. The number of anilines is 3. The number of hydrogen-bond donors (Lipinski definition) is 0. The molecule has 5 aliphatic rings. The summed E-state index contributed by atoms with van der Waals surface area (Å²) in [6, 6.07) is 60.3. The van der Waals surface area contributed by atoms with E-state index < -0.39 is 5.41 Å². The maximum absolute atomic E-state index is 2.73. The zero-order valence-electron chi connectivity index (χ0n) is 45.2. The lowest BCUT2D eigenvalue weighted by Gasteiger charge is -2.47. The quantitative estimate of drug-likeness (QED) is 0.168. The molecule has 0 N–H and O–H groups in total. The molecule has 1 aliphatic carbocycles. The van der Waals surface area contributed by atoms with Gasteiger partial charge in [0.15, 0.2) is 0 Å². The van der Waals surface area contributed by atoms with Crippen LogP contribution in [-0.2, 0) is 21.7 Å². The molecular weight excluding hydrogens is 881 g/mol. The van der Waals surface area contributed by atoms with Crippen LogP contribution in [0.1, 0.15) is 165 Å². The topological polar surface area (TPSA) is 8.17 Å². The number of hydrogen-bond acceptors (Lipinski definition) is 1. The number of benzene rings is 8. The molecule has 1 saturated carbocycles. The number of nitrogens with zero attached hydrogens (tertiary/aromatic N) is 2. The highest BCUT2D eigenvalue weighted by Crippen LogP contribution is 2.63. The van der Waals surface area contributed by atoms with Crippen molar-refractivity contribution in [3.05, 3.63) is 207 Å². The molecule has 0 amide bonds. The molecule has 9 aromatic rings. The van der Waals surface area contributed by atoms with Crippen molar-refractivity contribution in [2.24, 2.45) is 0 Å². The molecule has 0 spiro atoms. The molecule has 1 fully saturated rings. The van der Waals surface area contributed by atoms with Crippen LogP contribution in [0.5, 0.6) is 0 Å². The first kappa shape index (κ1) is 45.9. The molecule has 1 aromatic heterocycles. The molecule has 1 atom stereocenters. The molecule has 1 unspecified atom stereocenters. The van der Waals surface area contributed by atoms with Crippen molar-refractivity contribution in [3.63, 3.8) is 0 Å². The van der Waals surface area contributed by atoms with E-state index in [0.29, 0.717) is 0 Å². The number of aromatic nitrogens is 1. The summed E-state index contributed by atoms with van der Waals surface area (Å²) in [6.45, 7) is 28.6. The van der Waals surface area contributed by atoms with E-state index in [1.165, 1.54) is 140 Å². The van der Waals surface area contributed by atoms with Crippen molar-refractivity contribution in [2.45, 2.75) is 136 Å². The largest absolute Gasteiger partial charge is 0.309 e. The van der Waals surface area contributed by atoms with Gasteiger partial charge < -0.3 is 9.47 Å². The van der Waals surface area contributed by atoms with E-state index in [1.807, 2.05) is 0 Å². The van der Waals surface area contributed by atoms with Crippen LogP contribution in [0.3, 0.4) is 0 Å². The van der Waals surface area contributed by atoms with Gasteiger partial charge in [-0.15, -0.1) is 0 Å². The summed E-state index contributed by atoms with van der Waals surface area (Å²) in [5, 5.41) is 2.57. The Kier molecular flexibility index (Phi) is 9.94. The summed E-state index contributed by atoms with van der Waals surface area (Å²) in [4.78, 5) is 2.72. The van der Waals surface area contributed by atoms with Crippen LogP contribution in [0, 0.1) is 0 Å². The Bertz CT molecular complexity index is 3800. The smallest absolute Gasteiger partial charge is 0.0619 e. The van der Waals surface area contributed by atoms with E-state index in [4.69, 9.17) is 0 Å². The van der Waals surface area contributed by atoms with E-state index in [-0.39, 0.29) is 22.2 Å². The monoisotopic (exact) mass is 951 g/mol. The molecule has 4 bridgehead atoms. The predicted octanol–water partition coefficient (Wildman–Crippen LogP) is 19.9. The summed E-state index contributed by atoms with van der Waals surface area (Å²) in [5.41, 5.74) is 30.5. The Morgan fingerprint density at radius 3 is 1.73 bits per heavy atom. The minimum atomic E-state index is -0.421. The Hall–Kier alpha value is -6.90. The van der Waals surface area contributed by atoms with Gasteiger partial charge in [-0.25, -0.2) is 0 Å². The third-order valence-electron chi connectivity index (χ3n) is 17.6. The molecule has 4 aliphatic heterocycles. The standard InChI is InChI=1S/C71H70N2/c1-13-52-56-39-50(69(5,6)7)32-34-60(56)72-61-35-33-51(70(8,9)10)40-57(61)63(44-18-16-19-44)58-41-62-65(64(52)67(58)72)71(11,12)49-30-26-43(27-31-49)46-36-45(42-24-28-48(29-25-42)68(2,3)4)37-47(38-46)53-21-17-22-55-54-20-14-15-23-59(54)73(62)66(53)55/h14-15,17,20-41,52H,13,16,18-19H2,1-12H3. The average molecular weight is 951 g/mol. The van der Waals surface area contributed by atoms with Crippen LogP contribution >= 0.6 is 0 Å². The van der Waals surface area contributed by atoms with Crippen LogP contribution in [0.25, 0.3) is 66.4 Å². The van der Waals surface area contributed by atoms with Gasteiger partial charge in [0.2, 0.25) is 0 Å². The van der Waals surface area contributed by atoms with E-state index in [9.17, 15) is 0 Å². The number of para-hydroxylation sites is 2. The summed E-state index contributed by atoms with van der Waals surface area (Å²) in [7, 11) is 0. The first-order valence-electron chi connectivity index (χ1n) is 27.2. The summed E-state index contributed by atoms with van der Waals surface area (Å²) in [5.74, 6) is 0.157. The second-order valence-electron chi connectivity index (χ2n) is 25.6. The molecule has 0 radical (unpaired) electrons. The lowest BCUT2D eigenvalue weighted by Crippen LogP contribution is -2.33. The average Bonchev–Trinajstić information content (AvgIpc) is 3.69. The fourth-order valence-corrected chi connectivity index (χ4v) is 13.3. The highest BCUT2D eigenvalue weighted by molar-refractivity contribution is 6.15. The predicted molar refractivity (Wildman–Crippen MR) is 312 cm³/mol. The molecule has 5 heterocycles. The van der Waals surface area contributed by atoms with Crippen molar-refractivity contribution in [1.29, 1.82) is 0 Å². The maximum atomic E-state index is 2.73. The summed E-state index contributed by atoms with van der Waals surface area (Å²) >= 11 is 0. The van der Waals surface area contributed by atoms with Crippen molar-refractivity contribution < 1.29 is 0 Å². The zero-order chi connectivity index (χ0) is 50.7. The van der Waals surface area contributed by atoms with Crippen LogP contribution in [0.15, 0.2) is 157 Å². The number of rotatable bonds is 2. The van der Waals surface area contributed by atoms with E-state index >= 15 is 0 Å². The summed E-state index contributed by atoms with van der Waals surface area (Å²) < 4.78 is 2.73. The molecule has 2 heteroatoms. The maximum Gasteiger partial charge on any atom is 0.0619 e. The first-order valence-corrected chi connectivity index (χ1v) is 27.2. The highest BCUT2D eigenvalue weighted by Gasteiger charge is 2.45. The van der Waals surface area contributed by atoms with Crippen molar-refractivity contribution in [1.82, 2.24) is 4.57 Å². The molecule has 0 saturated heterocycles. The van der Waals surface area contributed by atoms with Crippen LogP contribution in [0.2, 0.25) is 0 Å². The number of fused-ring (bicyclic) bond motifs is 8. The Morgan fingerprint density at radius 1 is 0.507 bits per heavy atom. The second-order valence-corrected chi connectivity index (χ2v) is 25.6. The Labute approximate surface area is 434 Å². The molecular formula is C71H70N2. The van der Waals surface area contributed by atoms with E-state index in [0.717, 1.165) is 19.3 Å². The molecule has 73 heavy (non-hydrogen) atoms. The van der Waals surface area contributed by atoms with Crippen LogP contribution < -0.4 is 4.90 Å². The van der Waals surface area contributed by atoms with Gasteiger partial charge in [0.05, 0.1) is 33.8 Å². The first-order chi connectivity index (χ1) is 34.8. The fourth-order valence-electron chi connectivity index (χ4n) is 13.3. The lowest BCUT2D eigenvalue weighted by molar-refractivity contribution is 0.586. The van der Waals surface area contributed by atoms with Crippen molar-refractivity contribution in [3.8, 4) is 39.1 Å². The normalized spacial score (nSPS) is 16.5. The van der Waals surface area contributed by atoms with E-state index in [2.05, 4.69) is 244 Å². The Morgan fingerprint density at radius 2 is 1.10 bits per heavy atom. The highest BCUT2D eigenvalue weighted by atomic mass is 15.2. The second kappa shape index (κ2) is 15.8.